The first kappa shape index (κ1) is 17.1. The maximum absolute atomic E-state index is 5.44. The van der Waals surface area contributed by atoms with Gasteiger partial charge in [0.2, 0.25) is 5.89 Å². The number of piperidine rings is 1. The molecule has 1 aromatic heterocycles. The lowest BCUT2D eigenvalue weighted by molar-refractivity contribution is 0.122. The van der Waals surface area contributed by atoms with Gasteiger partial charge in [-0.25, -0.2) is 0 Å². The molecule has 3 aliphatic rings. The minimum absolute atomic E-state index is 0.632. The smallest absolute Gasteiger partial charge is 0.240 e. The number of fused-ring (bicyclic) bond motifs is 4. The molecule has 2 bridgehead atoms. The second-order valence-corrected chi connectivity index (χ2v) is 8.11. The molecular weight excluding hydrogens is 332 g/mol. The Morgan fingerprint density at radius 3 is 2.84 bits per heavy atom. The summed E-state index contributed by atoms with van der Waals surface area (Å²) in [7, 11) is 0. The number of aromatic nitrogens is 2. The number of hydrogen-bond acceptors (Lipinski definition) is 6. The quantitative estimate of drug-likeness (QED) is 0.791. The molecule has 0 radical (unpaired) electrons. The average Bonchev–Trinajstić information content (AvgIpc) is 2.87. The van der Waals surface area contributed by atoms with Crippen molar-refractivity contribution in [2.75, 3.05) is 25.9 Å². The Balaban J connectivity index is 1.40. The molecule has 0 spiro atoms. The fourth-order valence-electron chi connectivity index (χ4n) is 4.15. The van der Waals surface area contributed by atoms with Crippen molar-refractivity contribution in [3.05, 3.63) is 47.6 Å². The minimum Gasteiger partial charge on any atom is -0.338 e. The van der Waals surface area contributed by atoms with Crippen molar-refractivity contribution < 1.29 is 4.52 Å². The third kappa shape index (κ3) is 4.25. The predicted molar refractivity (Wildman–Crippen MR) is 100 cm³/mol. The molecule has 0 N–H and O–H groups in total. The van der Waals surface area contributed by atoms with E-state index in [0.717, 1.165) is 49.6 Å². The molecule has 3 saturated heterocycles. The molecule has 2 aromatic rings. The number of hydrogen-bond donors (Lipinski definition) is 0. The summed E-state index contributed by atoms with van der Waals surface area (Å²) < 4.78 is 5.44. The Morgan fingerprint density at radius 2 is 2.00 bits per heavy atom. The Hall–Kier alpha value is -1.37. The number of benzene rings is 1. The monoisotopic (exact) mass is 358 g/mol. The van der Waals surface area contributed by atoms with E-state index in [0.29, 0.717) is 6.04 Å². The molecule has 0 aliphatic carbocycles. The number of nitrogens with zero attached hydrogens (tertiary/aromatic N) is 4. The van der Waals surface area contributed by atoms with Crippen LogP contribution in [-0.2, 0) is 18.8 Å². The van der Waals surface area contributed by atoms with Gasteiger partial charge in [0, 0.05) is 32.2 Å². The van der Waals surface area contributed by atoms with Crippen LogP contribution in [0.2, 0.25) is 0 Å². The van der Waals surface area contributed by atoms with E-state index >= 15 is 0 Å². The van der Waals surface area contributed by atoms with Gasteiger partial charge in [-0.3, -0.25) is 9.80 Å². The van der Waals surface area contributed by atoms with Crippen molar-refractivity contribution in [1.82, 2.24) is 19.9 Å². The summed E-state index contributed by atoms with van der Waals surface area (Å²) in [6, 6.07) is 11.5. The Bertz CT molecular complexity index is 677. The van der Waals surface area contributed by atoms with Gasteiger partial charge in [0.25, 0.3) is 0 Å². The molecule has 3 aliphatic heterocycles. The Kier molecular flexibility index (Phi) is 5.39. The highest BCUT2D eigenvalue weighted by molar-refractivity contribution is 7.97. The Morgan fingerprint density at radius 1 is 1.12 bits per heavy atom. The summed E-state index contributed by atoms with van der Waals surface area (Å²) in [5, 5.41) is 4.08. The van der Waals surface area contributed by atoms with E-state index in [-0.39, 0.29) is 0 Å². The molecule has 6 heteroatoms. The molecule has 5 nitrogen and oxygen atoms in total. The van der Waals surface area contributed by atoms with Crippen LogP contribution >= 0.6 is 11.8 Å². The highest BCUT2D eigenvalue weighted by Gasteiger charge is 2.35. The van der Waals surface area contributed by atoms with E-state index in [1.807, 2.05) is 0 Å². The fraction of sp³-hybridized carbons (Fsp3) is 0.579. The summed E-state index contributed by atoms with van der Waals surface area (Å²) in [4.78, 5) is 9.72. The van der Waals surface area contributed by atoms with Gasteiger partial charge in [0.05, 0.1) is 12.3 Å². The van der Waals surface area contributed by atoms with Gasteiger partial charge in [-0.2, -0.15) is 16.7 Å². The van der Waals surface area contributed by atoms with Gasteiger partial charge in [-0.15, -0.1) is 0 Å². The summed E-state index contributed by atoms with van der Waals surface area (Å²) in [5.41, 5.74) is 1.42. The van der Waals surface area contributed by atoms with Gasteiger partial charge in [-0.1, -0.05) is 35.5 Å². The first-order valence-corrected chi connectivity index (χ1v) is 10.5. The fourth-order valence-corrected chi connectivity index (χ4v) is 4.53. The molecule has 1 aromatic carbocycles. The van der Waals surface area contributed by atoms with Crippen LogP contribution in [0.15, 0.2) is 34.9 Å². The molecular formula is C19H26N4OS. The highest BCUT2D eigenvalue weighted by atomic mass is 32.2. The zero-order chi connectivity index (χ0) is 17.1. The average molecular weight is 359 g/mol. The molecule has 5 rings (SSSR count). The van der Waals surface area contributed by atoms with Crippen molar-refractivity contribution in [1.29, 1.82) is 0 Å². The van der Waals surface area contributed by atoms with Crippen molar-refractivity contribution in [2.45, 2.75) is 37.7 Å². The van der Waals surface area contributed by atoms with Crippen molar-refractivity contribution in [3.8, 4) is 0 Å². The predicted octanol–water partition coefficient (Wildman–Crippen LogP) is 3.03. The molecule has 0 unspecified atom stereocenters. The number of rotatable bonds is 6. The zero-order valence-corrected chi connectivity index (χ0v) is 15.6. The van der Waals surface area contributed by atoms with Crippen LogP contribution in [0.1, 0.15) is 30.1 Å². The molecule has 25 heavy (non-hydrogen) atoms. The zero-order valence-electron chi connectivity index (χ0n) is 14.8. The summed E-state index contributed by atoms with van der Waals surface area (Å²) in [6.45, 7) is 5.30. The Labute approximate surface area is 153 Å². The van der Waals surface area contributed by atoms with Gasteiger partial charge in [0.15, 0.2) is 5.82 Å². The third-order valence-corrected chi connectivity index (χ3v) is 5.82. The lowest BCUT2D eigenvalue weighted by Crippen LogP contribution is -2.43. The topological polar surface area (TPSA) is 45.4 Å². The summed E-state index contributed by atoms with van der Waals surface area (Å²) >= 11 is 1.72. The molecule has 0 saturated carbocycles. The lowest BCUT2D eigenvalue weighted by Gasteiger charge is -2.36. The van der Waals surface area contributed by atoms with Crippen LogP contribution < -0.4 is 0 Å². The van der Waals surface area contributed by atoms with Crippen molar-refractivity contribution in [3.63, 3.8) is 0 Å². The van der Waals surface area contributed by atoms with Crippen LogP contribution in [-0.4, -0.2) is 51.9 Å². The van der Waals surface area contributed by atoms with E-state index in [4.69, 9.17) is 4.52 Å². The first-order chi connectivity index (χ1) is 12.3. The van der Waals surface area contributed by atoms with E-state index in [2.05, 4.69) is 56.5 Å². The van der Waals surface area contributed by atoms with E-state index in [9.17, 15) is 0 Å². The maximum atomic E-state index is 5.44. The largest absolute Gasteiger partial charge is 0.338 e. The van der Waals surface area contributed by atoms with Crippen LogP contribution in [0.5, 0.6) is 0 Å². The first-order valence-electron chi connectivity index (χ1n) is 9.11. The van der Waals surface area contributed by atoms with Gasteiger partial charge in [-0.05, 0) is 30.6 Å². The maximum Gasteiger partial charge on any atom is 0.240 e. The van der Waals surface area contributed by atoms with Crippen LogP contribution in [0.25, 0.3) is 0 Å². The van der Waals surface area contributed by atoms with Gasteiger partial charge < -0.3 is 4.52 Å². The molecule has 134 valence electrons. The molecule has 4 heterocycles. The minimum atomic E-state index is 0.632. The second kappa shape index (κ2) is 7.89. The molecule has 0 amide bonds. The lowest BCUT2D eigenvalue weighted by atomic mass is 9.94. The summed E-state index contributed by atoms with van der Waals surface area (Å²) in [5.74, 6) is 3.14. The van der Waals surface area contributed by atoms with Crippen molar-refractivity contribution in [2.24, 2.45) is 5.92 Å². The summed E-state index contributed by atoms with van der Waals surface area (Å²) in [6.07, 6.45) is 4.70. The van der Waals surface area contributed by atoms with E-state index < -0.39 is 0 Å². The third-order valence-electron chi connectivity index (χ3n) is 5.27. The van der Waals surface area contributed by atoms with Gasteiger partial charge >= 0.3 is 0 Å². The number of thioether (sulfide) groups is 1. The van der Waals surface area contributed by atoms with E-state index in [1.165, 1.54) is 24.9 Å². The molecule has 2 atom stereocenters. The van der Waals surface area contributed by atoms with Crippen LogP contribution in [0.4, 0.5) is 0 Å². The van der Waals surface area contributed by atoms with Gasteiger partial charge in [0.1, 0.15) is 0 Å². The normalized spacial score (nSPS) is 24.5. The van der Waals surface area contributed by atoms with Crippen LogP contribution in [0.3, 0.4) is 0 Å². The second-order valence-electron chi connectivity index (χ2n) is 7.24. The van der Waals surface area contributed by atoms with Crippen molar-refractivity contribution >= 4 is 11.8 Å². The van der Waals surface area contributed by atoms with E-state index in [1.54, 1.807) is 11.8 Å². The van der Waals surface area contributed by atoms with Crippen LogP contribution in [0, 0.1) is 5.92 Å². The standard InChI is InChI=1S/C19H26N4OS/c1-25-14-18-20-19(24-21-18)13-22-9-16-7-8-17(12-22)23(11-16)10-15-5-3-2-4-6-15/h2-6,16-17H,7-14H2,1H3/t16-,17+/m1/s1. The highest BCUT2D eigenvalue weighted by Crippen LogP contribution is 2.29. The molecule has 3 fully saturated rings. The SMILES string of the molecule is CSCc1noc(CN2C[C@H]3CC[C@@H](C2)N(Cc2ccccc2)C3)n1.